The molecule has 15 heavy (non-hydrogen) atoms. The van der Waals surface area contributed by atoms with Crippen LogP contribution >= 0.6 is 0 Å². The van der Waals surface area contributed by atoms with Gasteiger partial charge in [0.15, 0.2) is 0 Å². The Kier molecular flexibility index (Phi) is 5.70. The number of hydrogen-bond donors (Lipinski definition) is 1. The van der Waals surface area contributed by atoms with Crippen LogP contribution in [-0.2, 0) is 0 Å². The Balaban J connectivity index is 2.38. The summed E-state index contributed by atoms with van der Waals surface area (Å²) in [5.74, 6) is 0. The molecule has 1 heteroatoms. The van der Waals surface area contributed by atoms with Crippen LogP contribution in [0.15, 0.2) is 23.8 Å². The van der Waals surface area contributed by atoms with Crippen LogP contribution in [0.2, 0.25) is 0 Å². The fraction of sp³-hybridized carbons (Fsp3) is 0.714. The van der Waals surface area contributed by atoms with Crippen molar-refractivity contribution < 1.29 is 0 Å². The van der Waals surface area contributed by atoms with Crippen LogP contribution in [0.5, 0.6) is 0 Å². The molecule has 0 amide bonds. The molecule has 0 aromatic carbocycles. The molecule has 0 fully saturated rings. The van der Waals surface area contributed by atoms with E-state index in [-0.39, 0.29) is 0 Å². The molecule has 1 N–H and O–H groups in total. The van der Waals surface area contributed by atoms with Crippen LogP contribution in [0, 0.1) is 0 Å². The highest BCUT2D eigenvalue weighted by Gasteiger charge is 2.11. The summed E-state index contributed by atoms with van der Waals surface area (Å²) in [6.07, 6.45) is 11.3. The Morgan fingerprint density at radius 3 is 2.87 bits per heavy atom. The second-order valence-corrected chi connectivity index (χ2v) is 4.61. The zero-order valence-corrected chi connectivity index (χ0v) is 10.3. The average molecular weight is 207 g/mol. The molecular formula is C14H25N. The van der Waals surface area contributed by atoms with Crippen molar-refractivity contribution in [3.05, 3.63) is 23.8 Å². The highest BCUT2D eigenvalue weighted by Crippen LogP contribution is 2.23. The molecule has 0 aromatic rings. The van der Waals surface area contributed by atoms with E-state index in [0.717, 1.165) is 12.8 Å². The van der Waals surface area contributed by atoms with Gasteiger partial charge in [0.1, 0.15) is 0 Å². The average Bonchev–Trinajstić information content (AvgIpc) is 2.29. The van der Waals surface area contributed by atoms with Crippen molar-refractivity contribution in [2.45, 2.75) is 57.9 Å². The van der Waals surface area contributed by atoms with Crippen molar-refractivity contribution in [3.63, 3.8) is 0 Å². The number of allylic oxidation sites excluding steroid dienone is 1. The first kappa shape index (κ1) is 12.5. The van der Waals surface area contributed by atoms with Gasteiger partial charge in [-0.3, -0.25) is 0 Å². The Labute approximate surface area is 94.6 Å². The molecule has 0 aromatic heterocycles. The maximum atomic E-state index is 4.09. The summed E-state index contributed by atoms with van der Waals surface area (Å²) in [6, 6.07) is 0.599. The van der Waals surface area contributed by atoms with Crippen molar-refractivity contribution in [3.8, 4) is 0 Å². The molecule has 0 bridgehead atoms. The molecule has 86 valence electrons. The quantitative estimate of drug-likeness (QED) is 0.653. The van der Waals surface area contributed by atoms with Crippen molar-refractivity contribution in [2.75, 3.05) is 7.05 Å². The molecule has 1 nitrogen and oxygen atoms in total. The van der Waals surface area contributed by atoms with Crippen molar-refractivity contribution in [1.29, 1.82) is 0 Å². The summed E-state index contributed by atoms with van der Waals surface area (Å²) in [4.78, 5) is 0. The second-order valence-electron chi connectivity index (χ2n) is 4.61. The third kappa shape index (κ3) is 4.65. The Hall–Kier alpha value is -0.560. The van der Waals surface area contributed by atoms with Gasteiger partial charge in [-0.15, -0.1) is 0 Å². The highest BCUT2D eigenvalue weighted by atomic mass is 14.9. The third-order valence-electron chi connectivity index (χ3n) is 3.34. The molecule has 1 unspecified atom stereocenters. The fourth-order valence-electron chi connectivity index (χ4n) is 2.18. The van der Waals surface area contributed by atoms with Crippen LogP contribution in [0.3, 0.4) is 0 Å². The molecule has 1 aliphatic carbocycles. The van der Waals surface area contributed by atoms with E-state index >= 15 is 0 Å². The first-order chi connectivity index (χ1) is 7.26. The fourth-order valence-corrected chi connectivity index (χ4v) is 2.18. The molecule has 1 rings (SSSR count). The number of nitrogens with one attached hydrogen (secondary N) is 1. The minimum Gasteiger partial charge on any atom is -0.316 e. The summed E-state index contributed by atoms with van der Waals surface area (Å²) >= 11 is 0. The lowest BCUT2D eigenvalue weighted by atomic mass is 9.92. The summed E-state index contributed by atoms with van der Waals surface area (Å²) < 4.78 is 0. The van der Waals surface area contributed by atoms with E-state index in [1.807, 2.05) is 0 Å². The summed E-state index contributed by atoms with van der Waals surface area (Å²) in [5, 5.41) is 3.41. The van der Waals surface area contributed by atoms with Gasteiger partial charge in [-0.2, -0.15) is 0 Å². The van der Waals surface area contributed by atoms with Gasteiger partial charge in [0.05, 0.1) is 0 Å². The Morgan fingerprint density at radius 2 is 2.33 bits per heavy atom. The highest BCUT2D eigenvalue weighted by molar-refractivity contribution is 5.09. The normalized spacial score (nSPS) is 18.4. The lowest BCUT2D eigenvalue weighted by molar-refractivity contribution is 0.527. The summed E-state index contributed by atoms with van der Waals surface area (Å²) in [5.41, 5.74) is 3.02. The van der Waals surface area contributed by atoms with E-state index < -0.39 is 0 Å². The van der Waals surface area contributed by atoms with E-state index in [2.05, 4.69) is 31.9 Å². The van der Waals surface area contributed by atoms with E-state index in [9.17, 15) is 0 Å². The Morgan fingerprint density at radius 1 is 1.53 bits per heavy atom. The lowest BCUT2D eigenvalue weighted by Gasteiger charge is -2.21. The van der Waals surface area contributed by atoms with Gasteiger partial charge in [-0.05, 0) is 52.0 Å². The van der Waals surface area contributed by atoms with Gasteiger partial charge in [0.25, 0.3) is 0 Å². The molecule has 0 saturated heterocycles. The SMILES string of the molecule is C=C(CC)CC(CC1=CCCCC1)NC. The third-order valence-corrected chi connectivity index (χ3v) is 3.34. The topological polar surface area (TPSA) is 12.0 Å². The molecule has 0 spiro atoms. The Bertz CT molecular complexity index is 227. The van der Waals surface area contributed by atoms with Crippen LogP contribution in [0.1, 0.15) is 51.9 Å². The maximum absolute atomic E-state index is 4.09. The second kappa shape index (κ2) is 6.84. The van der Waals surface area contributed by atoms with Crippen molar-refractivity contribution in [2.24, 2.45) is 0 Å². The van der Waals surface area contributed by atoms with Crippen LogP contribution in [0.4, 0.5) is 0 Å². The van der Waals surface area contributed by atoms with Gasteiger partial charge in [-0.1, -0.05) is 30.7 Å². The van der Waals surface area contributed by atoms with E-state index in [4.69, 9.17) is 0 Å². The molecule has 1 atom stereocenters. The minimum absolute atomic E-state index is 0.599. The van der Waals surface area contributed by atoms with Gasteiger partial charge < -0.3 is 5.32 Å². The van der Waals surface area contributed by atoms with Crippen LogP contribution in [-0.4, -0.2) is 13.1 Å². The van der Waals surface area contributed by atoms with Gasteiger partial charge >= 0.3 is 0 Å². The first-order valence-corrected chi connectivity index (χ1v) is 6.28. The number of hydrogen-bond acceptors (Lipinski definition) is 1. The van der Waals surface area contributed by atoms with Crippen molar-refractivity contribution in [1.82, 2.24) is 5.32 Å². The number of rotatable bonds is 6. The molecule has 0 saturated carbocycles. The maximum Gasteiger partial charge on any atom is 0.0138 e. The molecule has 0 radical (unpaired) electrons. The summed E-state index contributed by atoms with van der Waals surface area (Å²) in [6.45, 7) is 6.28. The van der Waals surface area contributed by atoms with Crippen LogP contribution < -0.4 is 5.32 Å². The van der Waals surface area contributed by atoms with Gasteiger partial charge in [-0.25, -0.2) is 0 Å². The van der Waals surface area contributed by atoms with E-state index in [1.54, 1.807) is 5.57 Å². The standard InChI is InChI=1S/C14H25N/c1-4-12(2)10-14(15-3)11-13-8-6-5-7-9-13/h8,14-15H,2,4-7,9-11H2,1,3H3. The molecule has 1 aliphatic rings. The van der Waals surface area contributed by atoms with E-state index in [0.29, 0.717) is 6.04 Å². The van der Waals surface area contributed by atoms with Gasteiger partial charge in [0.2, 0.25) is 0 Å². The lowest BCUT2D eigenvalue weighted by Crippen LogP contribution is -2.26. The smallest absolute Gasteiger partial charge is 0.0138 e. The van der Waals surface area contributed by atoms with Crippen molar-refractivity contribution >= 4 is 0 Å². The minimum atomic E-state index is 0.599. The molecule has 0 aliphatic heterocycles. The first-order valence-electron chi connectivity index (χ1n) is 6.28. The zero-order chi connectivity index (χ0) is 11.1. The molecule has 0 heterocycles. The largest absolute Gasteiger partial charge is 0.316 e. The van der Waals surface area contributed by atoms with Gasteiger partial charge in [0, 0.05) is 6.04 Å². The monoisotopic (exact) mass is 207 g/mol. The zero-order valence-electron chi connectivity index (χ0n) is 10.3. The van der Waals surface area contributed by atoms with E-state index in [1.165, 1.54) is 37.7 Å². The molecular weight excluding hydrogens is 182 g/mol. The van der Waals surface area contributed by atoms with Crippen LogP contribution in [0.25, 0.3) is 0 Å². The predicted molar refractivity (Wildman–Crippen MR) is 68.1 cm³/mol. The predicted octanol–water partition coefficient (Wildman–Crippen LogP) is 3.82. The summed E-state index contributed by atoms with van der Waals surface area (Å²) in [7, 11) is 2.07.